The van der Waals surface area contributed by atoms with Crippen molar-refractivity contribution in [2.75, 3.05) is 0 Å². The van der Waals surface area contributed by atoms with Crippen molar-refractivity contribution in [2.45, 2.75) is 72.6 Å². The van der Waals surface area contributed by atoms with Gasteiger partial charge in [-0.25, -0.2) is 9.97 Å². The third-order valence-electron chi connectivity index (χ3n) is 10.9. The van der Waals surface area contributed by atoms with Gasteiger partial charge in [0.05, 0.1) is 16.9 Å². The number of fused-ring (bicyclic) bond motifs is 1. The first-order chi connectivity index (χ1) is 27.8. The maximum atomic E-state index is 12.5. The third-order valence-corrected chi connectivity index (χ3v) is 10.9. The molecular weight excluding hydrogens is 709 g/mol. The Labute approximate surface area is 343 Å². The first-order valence-electron chi connectivity index (χ1n) is 20.3. The molecule has 0 aliphatic carbocycles. The van der Waals surface area contributed by atoms with Gasteiger partial charge in [-0.15, -0.1) is 0 Å². The highest BCUT2D eigenvalue weighted by Crippen LogP contribution is 2.46. The number of nitrogens with zero attached hydrogens (tertiary/aromatic N) is 4. The number of imidazole rings is 1. The number of aromatic nitrogens is 4. The van der Waals surface area contributed by atoms with Crippen LogP contribution in [0.2, 0.25) is 0 Å². The van der Waals surface area contributed by atoms with E-state index in [0.29, 0.717) is 23.0 Å². The minimum Gasteiger partial charge on any atom is -0.507 e. The van der Waals surface area contributed by atoms with E-state index in [1.54, 1.807) is 0 Å². The van der Waals surface area contributed by atoms with E-state index in [4.69, 9.17) is 15.0 Å². The molecule has 0 radical (unpaired) electrons. The molecule has 0 amide bonds. The lowest BCUT2D eigenvalue weighted by molar-refractivity contribution is 0.446. The van der Waals surface area contributed by atoms with Crippen molar-refractivity contribution in [1.29, 1.82) is 0 Å². The average molecular weight is 761 g/mol. The molecule has 5 nitrogen and oxygen atoms in total. The molecule has 0 atom stereocenters. The van der Waals surface area contributed by atoms with E-state index in [2.05, 4.69) is 169 Å². The smallest absolute Gasteiger partial charge is 0.165 e. The molecular formula is C53H52N4O. The van der Waals surface area contributed by atoms with E-state index in [9.17, 15) is 5.11 Å². The van der Waals surface area contributed by atoms with Crippen LogP contribution >= 0.6 is 0 Å². The molecule has 0 spiro atoms. The van der Waals surface area contributed by atoms with E-state index in [-0.39, 0.29) is 16.6 Å². The average Bonchev–Trinajstić information content (AvgIpc) is 3.59. The second-order valence-electron chi connectivity index (χ2n) is 17.9. The van der Waals surface area contributed by atoms with E-state index < -0.39 is 0 Å². The van der Waals surface area contributed by atoms with Crippen LogP contribution in [0.5, 0.6) is 5.75 Å². The molecule has 58 heavy (non-hydrogen) atoms. The van der Waals surface area contributed by atoms with Gasteiger partial charge in [0, 0.05) is 40.2 Å². The van der Waals surface area contributed by atoms with E-state index in [1.165, 1.54) is 5.56 Å². The van der Waals surface area contributed by atoms with Gasteiger partial charge < -0.3 is 5.11 Å². The fourth-order valence-corrected chi connectivity index (χ4v) is 8.01. The summed E-state index contributed by atoms with van der Waals surface area (Å²) in [6.45, 7) is 17.6. The molecule has 3 heterocycles. The summed E-state index contributed by atoms with van der Waals surface area (Å²) in [7, 11) is 0. The normalized spacial score (nSPS) is 12.1. The zero-order chi connectivity index (χ0) is 40.8. The lowest BCUT2D eigenvalue weighted by Gasteiger charge is -2.28. The second-order valence-corrected chi connectivity index (χ2v) is 17.9. The summed E-state index contributed by atoms with van der Waals surface area (Å²) in [5.41, 5.74) is 14.0. The Balaban J connectivity index is 1.53. The maximum Gasteiger partial charge on any atom is 0.165 e. The molecule has 5 heteroatoms. The van der Waals surface area contributed by atoms with Crippen LogP contribution in [0.3, 0.4) is 0 Å². The van der Waals surface area contributed by atoms with Crippen molar-refractivity contribution in [3.63, 3.8) is 0 Å². The van der Waals surface area contributed by atoms with Gasteiger partial charge in [0.1, 0.15) is 11.3 Å². The Morgan fingerprint density at radius 2 is 1.21 bits per heavy atom. The summed E-state index contributed by atoms with van der Waals surface area (Å²) in [6, 6.07) is 46.7. The Kier molecular flexibility index (Phi) is 10.1. The van der Waals surface area contributed by atoms with Gasteiger partial charge in [-0.05, 0) is 87.4 Å². The molecule has 1 N–H and O–H groups in total. The van der Waals surface area contributed by atoms with Crippen LogP contribution in [0.25, 0.3) is 72.9 Å². The predicted octanol–water partition coefficient (Wildman–Crippen LogP) is 13.6. The lowest BCUT2D eigenvalue weighted by Crippen LogP contribution is -2.17. The van der Waals surface area contributed by atoms with Gasteiger partial charge in [-0.3, -0.25) is 9.55 Å². The molecule has 0 aliphatic rings. The lowest BCUT2D eigenvalue weighted by atomic mass is 9.79. The summed E-state index contributed by atoms with van der Waals surface area (Å²) in [5.74, 6) is 1.33. The third kappa shape index (κ3) is 7.45. The monoisotopic (exact) mass is 760 g/mol. The molecule has 8 aromatic rings. The molecule has 0 saturated heterocycles. The topological polar surface area (TPSA) is 63.8 Å². The highest BCUT2D eigenvalue weighted by atomic mass is 16.3. The molecule has 0 unspecified atom stereocenters. The van der Waals surface area contributed by atoms with Crippen molar-refractivity contribution in [2.24, 2.45) is 5.92 Å². The summed E-state index contributed by atoms with van der Waals surface area (Å²) in [5, 5.41) is 12.5. The fraction of sp³-hybridized carbons (Fsp3) is 0.226. The Morgan fingerprint density at radius 3 is 1.79 bits per heavy atom. The summed E-state index contributed by atoms with van der Waals surface area (Å²) in [4.78, 5) is 15.6. The number of para-hydroxylation sites is 1. The predicted molar refractivity (Wildman–Crippen MR) is 241 cm³/mol. The minimum atomic E-state index is -0.337. The van der Waals surface area contributed by atoms with Crippen LogP contribution in [-0.2, 0) is 17.3 Å². The molecule has 290 valence electrons. The standard InChI is InChI=1S/C53H52N4O/c1-34(2)28-35-29-38(31-39(30-35)46-24-15-16-26-54-46)41-25-27-55-51-47(41)56-50(44-32-40(52(3,4)5)33-45(49(44)58)53(6,7)8)57(51)48-42(36-18-11-9-12-19-36)22-17-23-43(48)37-20-13-10-14-21-37/h9-27,29-34,58H,28H2,1-8H3. The van der Waals surface area contributed by atoms with Crippen molar-refractivity contribution in [3.05, 3.63) is 163 Å². The Morgan fingerprint density at radius 1 is 0.569 bits per heavy atom. The number of aromatic hydroxyl groups is 1. The zero-order valence-electron chi connectivity index (χ0n) is 34.9. The van der Waals surface area contributed by atoms with Crippen LogP contribution in [0.1, 0.15) is 72.1 Å². The number of pyridine rings is 2. The fourth-order valence-electron chi connectivity index (χ4n) is 8.01. The summed E-state index contributed by atoms with van der Waals surface area (Å²) < 4.78 is 2.20. The number of benzene rings is 5. The first kappa shape index (κ1) is 38.5. The molecule has 0 aliphatic heterocycles. The number of phenols is 1. The van der Waals surface area contributed by atoms with Crippen LogP contribution in [-0.4, -0.2) is 24.6 Å². The zero-order valence-corrected chi connectivity index (χ0v) is 34.9. The SMILES string of the molecule is CC(C)Cc1cc(-c2ccccn2)cc(-c2ccnc3c2nc(-c2cc(C(C)(C)C)cc(C(C)(C)C)c2O)n3-c2c(-c3ccccc3)cccc2-c2ccccc2)c1. The van der Waals surface area contributed by atoms with Crippen LogP contribution in [0, 0.1) is 5.92 Å². The second kappa shape index (κ2) is 15.2. The Hall–Kier alpha value is -6.33. The van der Waals surface area contributed by atoms with Crippen molar-refractivity contribution in [3.8, 4) is 67.5 Å². The number of hydrogen-bond donors (Lipinski definition) is 1. The van der Waals surface area contributed by atoms with Crippen LogP contribution < -0.4 is 0 Å². The van der Waals surface area contributed by atoms with Crippen LogP contribution in [0.4, 0.5) is 0 Å². The van der Waals surface area contributed by atoms with Crippen molar-refractivity contribution in [1.82, 2.24) is 19.5 Å². The van der Waals surface area contributed by atoms with E-state index in [0.717, 1.165) is 73.4 Å². The summed E-state index contributed by atoms with van der Waals surface area (Å²) in [6.07, 6.45) is 4.67. The molecule has 5 aromatic carbocycles. The van der Waals surface area contributed by atoms with E-state index >= 15 is 0 Å². The molecule has 0 bridgehead atoms. The largest absolute Gasteiger partial charge is 0.507 e. The highest BCUT2D eigenvalue weighted by molar-refractivity contribution is 5.97. The van der Waals surface area contributed by atoms with E-state index in [1.807, 2.05) is 36.7 Å². The number of phenolic OH excluding ortho intramolecular Hbond substituents is 1. The summed E-state index contributed by atoms with van der Waals surface area (Å²) >= 11 is 0. The molecule has 0 fully saturated rings. The van der Waals surface area contributed by atoms with Gasteiger partial charge >= 0.3 is 0 Å². The maximum absolute atomic E-state index is 12.5. The van der Waals surface area contributed by atoms with Crippen LogP contribution in [0.15, 0.2) is 146 Å². The molecule has 8 rings (SSSR count). The van der Waals surface area contributed by atoms with Gasteiger partial charge in [0.2, 0.25) is 0 Å². The molecule has 3 aromatic heterocycles. The molecule has 0 saturated carbocycles. The number of rotatable bonds is 8. The Bertz CT molecular complexity index is 2680. The highest BCUT2D eigenvalue weighted by Gasteiger charge is 2.30. The quantitative estimate of drug-likeness (QED) is 0.167. The van der Waals surface area contributed by atoms with Gasteiger partial charge in [0.25, 0.3) is 0 Å². The van der Waals surface area contributed by atoms with Gasteiger partial charge in [0.15, 0.2) is 11.5 Å². The van der Waals surface area contributed by atoms with Gasteiger partial charge in [-0.2, -0.15) is 0 Å². The van der Waals surface area contributed by atoms with Gasteiger partial charge in [-0.1, -0.05) is 152 Å². The minimum absolute atomic E-state index is 0.196. The number of hydrogen-bond acceptors (Lipinski definition) is 4. The first-order valence-corrected chi connectivity index (χ1v) is 20.3. The van der Waals surface area contributed by atoms with Crippen molar-refractivity contribution < 1.29 is 5.11 Å². The van der Waals surface area contributed by atoms with Crippen molar-refractivity contribution >= 4 is 11.2 Å².